The molecule has 0 aliphatic carbocycles. The van der Waals surface area contributed by atoms with Crippen molar-refractivity contribution in [1.29, 1.82) is 0 Å². The van der Waals surface area contributed by atoms with Crippen molar-refractivity contribution >= 4 is 26.9 Å². The van der Waals surface area contributed by atoms with E-state index in [0.29, 0.717) is 27.8 Å². The van der Waals surface area contributed by atoms with Crippen molar-refractivity contribution in [1.82, 2.24) is 3.97 Å². The molecule has 0 atom stereocenters. The lowest BCUT2D eigenvalue weighted by Gasteiger charge is -2.14. The molecule has 0 radical (unpaired) electrons. The molecule has 0 unspecified atom stereocenters. The molecule has 0 aliphatic heterocycles. The second-order valence-electron chi connectivity index (χ2n) is 7.80. The Hall–Kier alpha value is -3.99. The van der Waals surface area contributed by atoms with Gasteiger partial charge in [-0.2, -0.15) is 0 Å². The van der Waals surface area contributed by atoms with Crippen molar-refractivity contribution < 1.29 is 41.0 Å². The van der Waals surface area contributed by atoms with Gasteiger partial charge in [-0.3, -0.25) is 4.79 Å². The standard InChI is InChI=1S/C25H20F3NO6S/c1-34-19-11-12-22-21(14-19)17(8-13-24(30)31)15-29(22)36(32,33)23-5-3-2-4-20(23)16-6-9-18(10-7-16)35-25(26,27)28/h2-7,9-12,14-15H,8,13H2,1H3,(H,30,31). The van der Waals surface area contributed by atoms with E-state index in [1.807, 2.05) is 0 Å². The van der Waals surface area contributed by atoms with Crippen LogP contribution in [0.5, 0.6) is 11.5 Å². The van der Waals surface area contributed by atoms with E-state index in [2.05, 4.69) is 4.74 Å². The van der Waals surface area contributed by atoms with E-state index in [-0.39, 0.29) is 23.3 Å². The van der Waals surface area contributed by atoms with Crippen molar-refractivity contribution in [3.8, 4) is 22.6 Å². The average Bonchev–Trinajstić information content (AvgIpc) is 3.21. The summed E-state index contributed by atoms with van der Waals surface area (Å²) in [5.74, 6) is -0.972. The van der Waals surface area contributed by atoms with Crippen molar-refractivity contribution in [2.75, 3.05) is 7.11 Å². The number of alkyl halides is 3. The molecule has 0 bridgehead atoms. The summed E-state index contributed by atoms with van der Waals surface area (Å²) in [5, 5.41) is 9.65. The van der Waals surface area contributed by atoms with Gasteiger partial charge >= 0.3 is 12.3 Å². The van der Waals surface area contributed by atoms with Crippen LogP contribution in [0.2, 0.25) is 0 Å². The first-order valence-corrected chi connectivity index (χ1v) is 12.0. The number of aryl methyl sites for hydroxylation is 1. The van der Waals surface area contributed by atoms with Gasteiger partial charge in [0, 0.05) is 23.6 Å². The Morgan fingerprint density at radius 2 is 1.67 bits per heavy atom. The highest BCUT2D eigenvalue weighted by Crippen LogP contribution is 2.34. The van der Waals surface area contributed by atoms with Crippen LogP contribution >= 0.6 is 0 Å². The number of rotatable bonds is 8. The minimum Gasteiger partial charge on any atom is -0.497 e. The van der Waals surface area contributed by atoms with Crippen LogP contribution in [-0.4, -0.2) is 36.9 Å². The molecule has 11 heteroatoms. The lowest BCUT2D eigenvalue weighted by Crippen LogP contribution is -2.17. The highest BCUT2D eigenvalue weighted by Gasteiger charge is 2.31. The van der Waals surface area contributed by atoms with E-state index < -0.39 is 28.1 Å². The van der Waals surface area contributed by atoms with E-state index in [9.17, 15) is 26.4 Å². The van der Waals surface area contributed by atoms with Gasteiger partial charge in [-0.25, -0.2) is 12.4 Å². The molecule has 4 rings (SSSR count). The summed E-state index contributed by atoms with van der Waals surface area (Å²) in [4.78, 5) is 11.1. The number of hydrogen-bond donors (Lipinski definition) is 1. The first-order valence-electron chi connectivity index (χ1n) is 10.6. The third-order valence-electron chi connectivity index (χ3n) is 5.49. The van der Waals surface area contributed by atoms with Crippen molar-refractivity contribution in [2.45, 2.75) is 24.1 Å². The number of benzene rings is 3. The van der Waals surface area contributed by atoms with Gasteiger partial charge in [0.15, 0.2) is 0 Å². The quantitative estimate of drug-likeness (QED) is 0.332. The zero-order chi connectivity index (χ0) is 26.1. The van der Waals surface area contributed by atoms with Gasteiger partial charge in [0.1, 0.15) is 11.5 Å². The highest BCUT2D eigenvalue weighted by molar-refractivity contribution is 7.90. The highest BCUT2D eigenvalue weighted by atomic mass is 32.2. The van der Waals surface area contributed by atoms with Crippen LogP contribution in [0.4, 0.5) is 13.2 Å². The summed E-state index contributed by atoms with van der Waals surface area (Å²) in [6.45, 7) is 0. The number of ether oxygens (including phenoxy) is 2. The van der Waals surface area contributed by atoms with E-state index in [4.69, 9.17) is 9.84 Å². The van der Waals surface area contributed by atoms with Crippen LogP contribution in [0, 0.1) is 0 Å². The van der Waals surface area contributed by atoms with Gasteiger partial charge in [-0.15, -0.1) is 13.2 Å². The van der Waals surface area contributed by atoms with Gasteiger partial charge in [-0.1, -0.05) is 30.3 Å². The summed E-state index contributed by atoms with van der Waals surface area (Å²) >= 11 is 0. The van der Waals surface area contributed by atoms with Crippen LogP contribution in [0.1, 0.15) is 12.0 Å². The largest absolute Gasteiger partial charge is 0.573 e. The summed E-state index contributed by atoms with van der Waals surface area (Å²) in [7, 11) is -2.74. The maximum atomic E-state index is 13.8. The second-order valence-corrected chi connectivity index (χ2v) is 9.58. The Morgan fingerprint density at radius 3 is 2.31 bits per heavy atom. The molecule has 4 aromatic rings. The van der Waals surface area contributed by atoms with Gasteiger partial charge in [0.05, 0.1) is 17.5 Å². The number of methoxy groups -OCH3 is 1. The first kappa shape index (κ1) is 25.1. The van der Waals surface area contributed by atoms with Crippen LogP contribution in [0.15, 0.2) is 77.8 Å². The fourth-order valence-electron chi connectivity index (χ4n) is 3.88. The van der Waals surface area contributed by atoms with E-state index >= 15 is 0 Å². The number of halogens is 3. The van der Waals surface area contributed by atoms with Crippen LogP contribution in [0.3, 0.4) is 0 Å². The molecule has 7 nitrogen and oxygen atoms in total. The molecule has 1 aromatic heterocycles. The molecule has 0 saturated carbocycles. The summed E-state index contributed by atoms with van der Waals surface area (Å²) in [6, 6.07) is 15.8. The summed E-state index contributed by atoms with van der Waals surface area (Å²) in [5.41, 5.74) is 1.49. The zero-order valence-corrected chi connectivity index (χ0v) is 19.6. The van der Waals surface area contributed by atoms with Gasteiger partial charge in [0.2, 0.25) is 0 Å². The number of carbonyl (C=O) groups is 1. The van der Waals surface area contributed by atoms with Crippen LogP contribution < -0.4 is 9.47 Å². The normalized spacial score (nSPS) is 12.0. The third-order valence-corrected chi connectivity index (χ3v) is 7.22. The maximum absolute atomic E-state index is 13.8. The monoisotopic (exact) mass is 519 g/mol. The van der Waals surface area contributed by atoms with Crippen molar-refractivity contribution in [3.63, 3.8) is 0 Å². The van der Waals surface area contributed by atoms with Crippen molar-refractivity contribution in [3.05, 3.63) is 78.5 Å². The van der Waals surface area contributed by atoms with Crippen molar-refractivity contribution in [2.24, 2.45) is 0 Å². The Labute approximate surface area is 204 Å². The Morgan fingerprint density at radius 1 is 1.00 bits per heavy atom. The topological polar surface area (TPSA) is 94.8 Å². The fourth-order valence-corrected chi connectivity index (χ4v) is 5.49. The van der Waals surface area contributed by atoms with Gasteiger partial charge in [0.25, 0.3) is 10.0 Å². The molecule has 3 aromatic carbocycles. The number of hydrogen-bond acceptors (Lipinski definition) is 5. The maximum Gasteiger partial charge on any atom is 0.573 e. The molecule has 0 spiro atoms. The van der Waals surface area contributed by atoms with Gasteiger partial charge in [-0.05, 0) is 53.9 Å². The number of nitrogens with zero attached hydrogens (tertiary/aromatic N) is 1. The van der Waals surface area contributed by atoms with Gasteiger partial charge < -0.3 is 14.6 Å². The molecule has 0 aliphatic rings. The number of fused-ring (bicyclic) bond motifs is 1. The second kappa shape index (κ2) is 9.57. The number of carboxylic acids is 1. The van der Waals surface area contributed by atoms with E-state index in [1.165, 1.54) is 37.6 Å². The Balaban J connectivity index is 1.82. The molecule has 1 N–H and O–H groups in total. The smallest absolute Gasteiger partial charge is 0.497 e. The molecule has 188 valence electrons. The molecule has 0 amide bonds. The molecule has 0 fully saturated rings. The molecule has 1 heterocycles. The minimum atomic E-state index is -4.85. The number of aromatic nitrogens is 1. The molecular formula is C25H20F3NO6S. The predicted octanol–water partition coefficient (Wildman–Crippen LogP) is 5.47. The fraction of sp³-hybridized carbons (Fsp3) is 0.160. The number of aliphatic carboxylic acids is 1. The lowest BCUT2D eigenvalue weighted by molar-refractivity contribution is -0.274. The predicted molar refractivity (Wildman–Crippen MR) is 126 cm³/mol. The van der Waals surface area contributed by atoms with E-state index in [1.54, 1.807) is 30.3 Å². The zero-order valence-electron chi connectivity index (χ0n) is 18.8. The average molecular weight is 519 g/mol. The molecule has 0 saturated heterocycles. The van der Waals surface area contributed by atoms with Crippen LogP contribution in [-0.2, 0) is 21.2 Å². The number of carboxylic acid groups (broad SMARTS) is 1. The third kappa shape index (κ3) is 5.15. The summed E-state index contributed by atoms with van der Waals surface area (Å²) in [6.07, 6.45) is -3.55. The van der Waals surface area contributed by atoms with Crippen LogP contribution in [0.25, 0.3) is 22.0 Å². The lowest BCUT2D eigenvalue weighted by atomic mass is 10.1. The van der Waals surface area contributed by atoms with E-state index in [0.717, 1.165) is 16.1 Å². The summed E-state index contributed by atoms with van der Waals surface area (Å²) < 4.78 is 75.4. The molecule has 36 heavy (non-hydrogen) atoms. The SMILES string of the molecule is COc1ccc2c(c1)c(CCC(=O)O)cn2S(=O)(=O)c1ccccc1-c1ccc(OC(F)(F)F)cc1. The Bertz CT molecular complexity index is 1530. The Kier molecular flexibility index (Phi) is 6.68. The minimum absolute atomic E-state index is 0.0769. The first-order chi connectivity index (χ1) is 17.0. The molecular weight excluding hydrogens is 499 g/mol.